The van der Waals surface area contributed by atoms with Crippen LogP contribution in [0.15, 0.2) is 40.3 Å². The zero-order valence-corrected chi connectivity index (χ0v) is 20.2. The lowest BCUT2D eigenvalue weighted by Gasteiger charge is -2.15. The van der Waals surface area contributed by atoms with Crippen molar-refractivity contribution in [1.29, 1.82) is 0 Å². The van der Waals surface area contributed by atoms with Gasteiger partial charge in [-0.25, -0.2) is 4.98 Å². The van der Waals surface area contributed by atoms with E-state index in [-0.39, 0.29) is 23.3 Å². The van der Waals surface area contributed by atoms with E-state index in [4.69, 9.17) is 9.72 Å². The molecule has 1 amide bonds. The Kier molecular flexibility index (Phi) is 7.65. The van der Waals surface area contributed by atoms with Gasteiger partial charge in [0.05, 0.1) is 17.7 Å². The Morgan fingerprint density at radius 3 is 2.84 bits per heavy atom. The highest BCUT2D eigenvalue weighted by molar-refractivity contribution is 7.99. The van der Waals surface area contributed by atoms with Crippen molar-refractivity contribution in [2.45, 2.75) is 56.8 Å². The number of thiophene rings is 1. The van der Waals surface area contributed by atoms with Gasteiger partial charge in [0.2, 0.25) is 5.91 Å². The highest BCUT2D eigenvalue weighted by Gasteiger charge is 2.22. The van der Waals surface area contributed by atoms with Gasteiger partial charge >= 0.3 is 0 Å². The maximum absolute atomic E-state index is 13.6. The summed E-state index contributed by atoms with van der Waals surface area (Å²) in [6.07, 6.45) is 5.02. The van der Waals surface area contributed by atoms with E-state index in [1.165, 1.54) is 34.2 Å². The highest BCUT2D eigenvalue weighted by atomic mass is 32.2. The Labute approximate surface area is 196 Å². The molecule has 0 fully saturated rings. The fourth-order valence-electron chi connectivity index (χ4n) is 4.15. The first-order valence-corrected chi connectivity index (χ1v) is 12.9. The van der Waals surface area contributed by atoms with E-state index in [2.05, 4.69) is 17.4 Å². The van der Waals surface area contributed by atoms with Crippen molar-refractivity contribution in [1.82, 2.24) is 14.9 Å². The van der Waals surface area contributed by atoms with Crippen molar-refractivity contribution in [3.8, 4) is 0 Å². The molecule has 0 spiro atoms. The minimum absolute atomic E-state index is 0.0287. The van der Waals surface area contributed by atoms with Gasteiger partial charge in [0.25, 0.3) is 5.56 Å². The second kappa shape index (κ2) is 10.6. The second-order valence-corrected chi connectivity index (χ2v) is 10.2. The molecule has 170 valence electrons. The van der Waals surface area contributed by atoms with Crippen LogP contribution < -0.4 is 10.9 Å². The topological polar surface area (TPSA) is 73.2 Å². The highest BCUT2D eigenvalue weighted by Crippen LogP contribution is 2.34. The van der Waals surface area contributed by atoms with E-state index in [1.807, 2.05) is 25.1 Å². The molecule has 1 atom stereocenters. The molecule has 1 aliphatic carbocycles. The summed E-state index contributed by atoms with van der Waals surface area (Å²) < 4.78 is 6.86. The average molecular weight is 472 g/mol. The van der Waals surface area contributed by atoms with E-state index in [0.29, 0.717) is 18.3 Å². The normalized spacial score (nSPS) is 14.3. The number of aromatic nitrogens is 2. The van der Waals surface area contributed by atoms with Gasteiger partial charge in [-0.2, -0.15) is 0 Å². The van der Waals surface area contributed by atoms with Crippen LogP contribution in [0.1, 0.15) is 35.8 Å². The van der Waals surface area contributed by atoms with Gasteiger partial charge in [-0.15, -0.1) is 11.3 Å². The number of nitrogens with zero attached hydrogens (tertiary/aromatic N) is 2. The van der Waals surface area contributed by atoms with E-state index in [9.17, 15) is 9.59 Å². The lowest BCUT2D eigenvalue weighted by Crippen LogP contribution is -2.36. The number of methoxy groups -OCH3 is 1. The van der Waals surface area contributed by atoms with Crippen molar-refractivity contribution in [3.05, 3.63) is 56.7 Å². The van der Waals surface area contributed by atoms with Crippen molar-refractivity contribution >= 4 is 39.2 Å². The maximum atomic E-state index is 13.6. The molecule has 2 heterocycles. The number of carbonyl (C=O) groups excluding carboxylic acids is 1. The predicted molar refractivity (Wildman–Crippen MR) is 131 cm³/mol. The lowest BCUT2D eigenvalue weighted by molar-refractivity contribution is -0.119. The third-order valence-corrected chi connectivity index (χ3v) is 7.83. The number of fused-ring (bicyclic) bond motifs is 3. The van der Waals surface area contributed by atoms with Gasteiger partial charge < -0.3 is 10.1 Å². The van der Waals surface area contributed by atoms with Crippen LogP contribution in [0.4, 0.5) is 0 Å². The zero-order chi connectivity index (χ0) is 22.5. The van der Waals surface area contributed by atoms with Gasteiger partial charge in [-0.05, 0) is 50.2 Å². The van der Waals surface area contributed by atoms with E-state index in [0.717, 1.165) is 35.9 Å². The lowest BCUT2D eigenvalue weighted by atomic mass is 9.97. The monoisotopic (exact) mass is 471 g/mol. The van der Waals surface area contributed by atoms with E-state index >= 15 is 0 Å². The van der Waals surface area contributed by atoms with Crippen LogP contribution in [0.3, 0.4) is 0 Å². The molecule has 2 aromatic heterocycles. The largest absolute Gasteiger partial charge is 0.383 e. The van der Waals surface area contributed by atoms with Crippen molar-refractivity contribution in [2.24, 2.45) is 0 Å². The summed E-state index contributed by atoms with van der Waals surface area (Å²) in [4.78, 5) is 33.0. The fourth-order valence-corrected chi connectivity index (χ4v) is 6.29. The minimum Gasteiger partial charge on any atom is -0.383 e. The summed E-state index contributed by atoms with van der Waals surface area (Å²) in [5.74, 6) is 0.122. The van der Waals surface area contributed by atoms with Gasteiger partial charge in [0.15, 0.2) is 5.16 Å². The van der Waals surface area contributed by atoms with Crippen LogP contribution in [0.5, 0.6) is 0 Å². The number of thioether (sulfide) groups is 1. The maximum Gasteiger partial charge on any atom is 0.263 e. The van der Waals surface area contributed by atoms with E-state index in [1.54, 1.807) is 23.0 Å². The molecule has 1 aliphatic rings. The molecular weight excluding hydrogens is 442 g/mol. The molecule has 3 aromatic rings. The third-order valence-electron chi connectivity index (χ3n) is 5.66. The third kappa shape index (κ3) is 5.24. The van der Waals surface area contributed by atoms with E-state index < -0.39 is 0 Å². The molecule has 1 unspecified atom stereocenters. The van der Waals surface area contributed by atoms with Gasteiger partial charge in [0.1, 0.15) is 4.83 Å². The fraction of sp³-hybridized carbons (Fsp3) is 0.458. The Morgan fingerprint density at radius 2 is 2.06 bits per heavy atom. The number of ether oxygens (including phenoxy) is 1. The molecular formula is C24H29N3O3S2. The van der Waals surface area contributed by atoms with Crippen LogP contribution in [-0.4, -0.2) is 41.0 Å². The SMILES string of the molecule is COCC(C)NC(=O)CSc1nc2sc3c(c2c(=O)n1CCc1ccccc1)CCCC3. The summed E-state index contributed by atoms with van der Waals surface area (Å²) in [5, 5.41) is 4.33. The smallest absolute Gasteiger partial charge is 0.263 e. The predicted octanol–water partition coefficient (Wildman–Crippen LogP) is 3.82. The molecule has 1 aromatic carbocycles. The van der Waals surface area contributed by atoms with Crippen molar-refractivity contribution in [2.75, 3.05) is 19.5 Å². The molecule has 0 radical (unpaired) electrons. The van der Waals surface area contributed by atoms with Gasteiger partial charge in [0, 0.05) is 24.6 Å². The molecule has 4 rings (SSSR count). The summed E-state index contributed by atoms with van der Waals surface area (Å²) in [5.41, 5.74) is 2.40. The molecule has 6 nitrogen and oxygen atoms in total. The number of hydrogen-bond donors (Lipinski definition) is 1. The number of carbonyl (C=O) groups is 1. The molecule has 1 N–H and O–H groups in total. The number of rotatable bonds is 9. The summed E-state index contributed by atoms with van der Waals surface area (Å²) >= 11 is 2.98. The van der Waals surface area contributed by atoms with Crippen LogP contribution in [0.25, 0.3) is 10.2 Å². The number of hydrogen-bond acceptors (Lipinski definition) is 6. The first-order valence-electron chi connectivity index (χ1n) is 11.1. The number of amides is 1. The van der Waals surface area contributed by atoms with Crippen LogP contribution in [0.2, 0.25) is 0 Å². The van der Waals surface area contributed by atoms with Crippen molar-refractivity contribution < 1.29 is 9.53 Å². The van der Waals surface area contributed by atoms with Crippen LogP contribution in [0, 0.1) is 0 Å². The van der Waals surface area contributed by atoms with Gasteiger partial charge in [-0.3, -0.25) is 14.2 Å². The molecule has 0 saturated carbocycles. The number of benzene rings is 1. The number of aryl methyl sites for hydroxylation is 3. The first-order chi connectivity index (χ1) is 15.6. The van der Waals surface area contributed by atoms with Crippen LogP contribution in [-0.2, 0) is 35.3 Å². The average Bonchev–Trinajstić information content (AvgIpc) is 3.16. The molecule has 0 bridgehead atoms. The summed E-state index contributed by atoms with van der Waals surface area (Å²) in [6, 6.07) is 10.1. The number of nitrogens with one attached hydrogen (secondary N) is 1. The second-order valence-electron chi connectivity index (χ2n) is 8.19. The Balaban J connectivity index is 1.63. The first kappa shape index (κ1) is 23.0. The molecule has 32 heavy (non-hydrogen) atoms. The summed E-state index contributed by atoms with van der Waals surface area (Å²) in [6.45, 7) is 2.91. The Hall–Kier alpha value is -2.16. The Bertz CT molecular complexity index is 1140. The van der Waals surface area contributed by atoms with Crippen LogP contribution >= 0.6 is 23.1 Å². The minimum atomic E-state index is -0.0889. The molecule has 8 heteroatoms. The Morgan fingerprint density at radius 1 is 1.28 bits per heavy atom. The van der Waals surface area contributed by atoms with Crippen molar-refractivity contribution in [3.63, 3.8) is 0 Å². The quantitative estimate of drug-likeness (QED) is 0.379. The molecule has 0 aliphatic heterocycles. The zero-order valence-electron chi connectivity index (χ0n) is 18.6. The summed E-state index contributed by atoms with van der Waals surface area (Å²) in [7, 11) is 1.61. The standard InChI is InChI=1S/C24H29N3O3S2/c1-16(14-30-2)25-20(28)15-31-24-26-22-21(18-10-6-7-11-19(18)32-22)23(29)27(24)13-12-17-8-4-3-5-9-17/h3-5,8-9,16H,6-7,10-15H2,1-2H3,(H,25,28). The molecule has 0 saturated heterocycles. The van der Waals surface area contributed by atoms with Gasteiger partial charge in [-0.1, -0.05) is 42.1 Å².